The third-order valence-corrected chi connectivity index (χ3v) is 2.50. The Balaban J connectivity index is 2.51. The van der Waals surface area contributed by atoms with Crippen molar-refractivity contribution in [1.82, 2.24) is 15.1 Å². The summed E-state index contributed by atoms with van der Waals surface area (Å²) in [5.74, 6) is 0.239. The molecule has 0 aliphatic carbocycles. The minimum absolute atomic E-state index is 0.206. The third kappa shape index (κ3) is 4.56. The Kier molecular flexibility index (Phi) is 5.15. The second-order valence-electron chi connectivity index (χ2n) is 4.61. The van der Waals surface area contributed by atoms with Crippen LogP contribution in [0.1, 0.15) is 25.8 Å². The summed E-state index contributed by atoms with van der Waals surface area (Å²) in [7, 11) is 3.29. The summed E-state index contributed by atoms with van der Waals surface area (Å²) in [5, 5.41) is 7.28. The zero-order chi connectivity index (χ0) is 12.8. The zero-order valence-corrected chi connectivity index (χ0v) is 10.9. The average molecular weight is 239 g/mol. The van der Waals surface area contributed by atoms with Crippen molar-refractivity contribution in [1.29, 1.82) is 0 Å². The van der Waals surface area contributed by atoms with Gasteiger partial charge in [0.05, 0.1) is 13.3 Å². The largest absolute Gasteiger partial charge is 0.468 e. The van der Waals surface area contributed by atoms with Crippen LogP contribution in [0.25, 0.3) is 0 Å². The molecule has 96 valence electrons. The highest BCUT2D eigenvalue weighted by Gasteiger charge is 2.19. The maximum Gasteiger partial charge on any atom is 0.322 e. The number of nitrogens with one attached hydrogen (secondary N) is 1. The lowest BCUT2D eigenvalue weighted by molar-refractivity contribution is -0.143. The van der Waals surface area contributed by atoms with Crippen molar-refractivity contribution in [3.05, 3.63) is 18.0 Å². The lowest BCUT2D eigenvalue weighted by atomic mass is 10.0. The molecule has 0 radical (unpaired) electrons. The van der Waals surface area contributed by atoms with Crippen molar-refractivity contribution in [2.45, 2.75) is 32.9 Å². The molecule has 1 aromatic rings. The zero-order valence-electron chi connectivity index (χ0n) is 10.9. The molecule has 1 atom stereocenters. The smallest absolute Gasteiger partial charge is 0.322 e. The van der Waals surface area contributed by atoms with Crippen LogP contribution in [0.2, 0.25) is 0 Å². The quantitative estimate of drug-likeness (QED) is 0.755. The van der Waals surface area contributed by atoms with E-state index in [2.05, 4.69) is 24.3 Å². The van der Waals surface area contributed by atoms with Gasteiger partial charge in [0.1, 0.15) is 6.04 Å². The van der Waals surface area contributed by atoms with Crippen LogP contribution in [0, 0.1) is 5.92 Å². The average Bonchev–Trinajstić information content (AvgIpc) is 2.68. The predicted molar refractivity (Wildman–Crippen MR) is 65.3 cm³/mol. The second kappa shape index (κ2) is 6.39. The molecule has 1 N–H and O–H groups in total. The van der Waals surface area contributed by atoms with Crippen molar-refractivity contribution in [2.24, 2.45) is 13.0 Å². The third-order valence-electron chi connectivity index (χ3n) is 2.50. The van der Waals surface area contributed by atoms with Crippen LogP contribution in [-0.2, 0) is 23.1 Å². The van der Waals surface area contributed by atoms with E-state index in [0.717, 1.165) is 12.0 Å². The lowest BCUT2D eigenvalue weighted by Crippen LogP contribution is -2.38. The van der Waals surface area contributed by atoms with Crippen LogP contribution in [0.15, 0.2) is 12.4 Å². The Labute approximate surface area is 102 Å². The van der Waals surface area contributed by atoms with E-state index in [1.54, 1.807) is 10.9 Å². The van der Waals surface area contributed by atoms with Crippen molar-refractivity contribution in [3.63, 3.8) is 0 Å². The molecule has 1 rings (SSSR count). The highest BCUT2D eigenvalue weighted by molar-refractivity contribution is 5.75. The summed E-state index contributed by atoms with van der Waals surface area (Å²) in [6, 6.07) is -0.250. The lowest BCUT2D eigenvalue weighted by Gasteiger charge is -2.17. The van der Waals surface area contributed by atoms with Crippen molar-refractivity contribution in [2.75, 3.05) is 7.11 Å². The minimum atomic E-state index is -0.250. The molecule has 1 heterocycles. The van der Waals surface area contributed by atoms with E-state index in [-0.39, 0.29) is 12.0 Å². The van der Waals surface area contributed by atoms with Gasteiger partial charge in [-0.25, -0.2) is 0 Å². The first kappa shape index (κ1) is 13.7. The molecule has 0 saturated heterocycles. The molecular formula is C12H21N3O2. The summed E-state index contributed by atoms with van der Waals surface area (Å²) < 4.78 is 6.53. The number of hydrogen-bond donors (Lipinski definition) is 1. The monoisotopic (exact) mass is 239 g/mol. The van der Waals surface area contributed by atoms with Gasteiger partial charge in [-0.3, -0.25) is 9.48 Å². The molecule has 0 aromatic carbocycles. The summed E-state index contributed by atoms with van der Waals surface area (Å²) in [6.07, 6.45) is 4.49. The maximum absolute atomic E-state index is 11.6. The summed E-state index contributed by atoms with van der Waals surface area (Å²) >= 11 is 0. The number of methoxy groups -OCH3 is 1. The molecule has 17 heavy (non-hydrogen) atoms. The van der Waals surface area contributed by atoms with Crippen LogP contribution in [-0.4, -0.2) is 28.9 Å². The van der Waals surface area contributed by atoms with Gasteiger partial charge in [0.25, 0.3) is 0 Å². The summed E-state index contributed by atoms with van der Waals surface area (Å²) in [4.78, 5) is 11.6. The standard InChI is InChI=1S/C12H21N3O2/c1-9(2)5-11(12(16)17-4)13-6-10-7-14-15(3)8-10/h7-9,11,13H,5-6H2,1-4H3. The van der Waals surface area contributed by atoms with Crippen LogP contribution >= 0.6 is 0 Å². The van der Waals surface area contributed by atoms with Gasteiger partial charge in [-0.15, -0.1) is 0 Å². The molecule has 0 amide bonds. The first-order valence-corrected chi connectivity index (χ1v) is 5.81. The van der Waals surface area contributed by atoms with Gasteiger partial charge in [0.2, 0.25) is 0 Å². The van der Waals surface area contributed by atoms with E-state index in [0.29, 0.717) is 12.5 Å². The van der Waals surface area contributed by atoms with E-state index in [4.69, 9.17) is 4.74 Å². The highest BCUT2D eigenvalue weighted by Crippen LogP contribution is 2.07. The van der Waals surface area contributed by atoms with Crippen molar-refractivity contribution in [3.8, 4) is 0 Å². The van der Waals surface area contributed by atoms with Gasteiger partial charge in [0.15, 0.2) is 0 Å². The Morgan fingerprint density at radius 3 is 2.76 bits per heavy atom. The van der Waals surface area contributed by atoms with Crippen LogP contribution in [0.3, 0.4) is 0 Å². The summed E-state index contributed by atoms with van der Waals surface area (Å²) in [6.45, 7) is 4.80. The molecule has 0 bridgehead atoms. The number of hydrogen-bond acceptors (Lipinski definition) is 4. The minimum Gasteiger partial charge on any atom is -0.468 e. The van der Waals surface area contributed by atoms with Gasteiger partial charge >= 0.3 is 5.97 Å². The molecule has 0 saturated carbocycles. The SMILES string of the molecule is COC(=O)C(CC(C)C)NCc1cnn(C)c1. The number of carbonyl (C=O) groups excluding carboxylic acids is 1. The fraction of sp³-hybridized carbons (Fsp3) is 0.667. The molecule has 0 spiro atoms. The van der Waals surface area contributed by atoms with Gasteiger partial charge in [-0.05, 0) is 12.3 Å². The van der Waals surface area contributed by atoms with Gasteiger partial charge < -0.3 is 10.1 Å². The number of nitrogens with zero attached hydrogens (tertiary/aromatic N) is 2. The topological polar surface area (TPSA) is 56.1 Å². The van der Waals surface area contributed by atoms with E-state index < -0.39 is 0 Å². The molecule has 5 heteroatoms. The number of esters is 1. The molecule has 0 aliphatic rings. The van der Waals surface area contributed by atoms with E-state index in [1.165, 1.54) is 7.11 Å². The van der Waals surface area contributed by atoms with Crippen molar-refractivity contribution < 1.29 is 9.53 Å². The predicted octanol–water partition coefficient (Wildman–Crippen LogP) is 1.10. The molecule has 1 aromatic heterocycles. The Bertz CT molecular complexity index is 360. The van der Waals surface area contributed by atoms with Crippen molar-refractivity contribution >= 4 is 5.97 Å². The number of rotatable bonds is 6. The van der Waals surface area contributed by atoms with Crippen LogP contribution in [0.4, 0.5) is 0 Å². The summed E-state index contributed by atoms with van der Waals surface area (Å²) in [5.41, 5.74) is 1.06. The van der Waals surface area contributed by atoms with Crippen LogP contribution < -0.4 is 5.32 Å². The second-order valence-corrected chi connectivity index (χ2v) is 4.61. The normalized spacial score (nSPS) is 12.8. The number of ether oxygens (including phenoxy) is 1. The Morgan fingerprint density at radius 1 is 1.59 bits per heavy atom. The highest BCUT2D eigenvalue weighted by atomic mass is 16.5. The van der Waals surface area contributed by atoms with Gasteiger partial charge in [0, 0.05) is 25.4 Å². The van der Waals surface area contributed by atoms with E-state index >= 15 is 0 Å². The Hall–Kier alpha value is -1.36. The first-order chi connectivity index (χ1) is 8.02. The number of carbonyl (C=O) groups is 1. The first-order valence-electron chi connectivity index (χ1n) is 5.81. The van der Waals surface area contributed by atoms with E-state index in [9.17, 15) is 4.79 Å². The maximum atomic E-state index is 11.6. The molecule has 1 unspecified atom stereocenters. The number of aryl methyl sites for hydroxylation is 1. The fourth-order valence-electron chi connectivity index (χ4n) is 1.68. The molecule has 0 aliphatic heterocycles. The fourth-order valence-corrected chi connectivity index (χ4v) is 1.68. The van der Waals surface area contributed by atoms with Gasteiger partial charge in [-0.2, -0.15) is 5.10 Å². The number of aromatic nitrogens is 2. The van der Waals surface area contributed by atoms with E-state index in [1.807, 2.05) is 13.2 Å². The van der Waals surface area contributed by atoms with Gasteiger partial charge in [-0.1, -0.05) is 13.8 Å². The molecule has 5 nitrogen and oxygen atoms in total. The van der Waals surface area contributed by atoms with Crippen LogP contribution in [0.5, 0.6) is 0 Å². The Morgan fingerprint density at radius 2 is 2.29 bits per heavy atom. The molecule has 0 fully saturated rings. The molecular weight excluding hydrogens is 218 g/mol.